The summed E-state index contributed by atoms with van der Waals surface area (Å²) in [5.74, 6) is -2.12. The molecule has 0 saturated carbocycles. The molecule has 0 bridgehead atoms. The molecule has 0 spiro atoms. The largest absolute Gasteiger partial charge is 0.508 e. The third-order valence-corrected chi connectivity index (χ3v) is 8.66. The SMILES string of the molecule is CN1CCC(=O)NCCCC[C@H](N(C)C(=O)[C@H](Cc2ccc(F)cc2)NC(=O)OC(C)(C)C)C(=O)NC(Cc2ccc(O)c(C(C)(C)C)c2)C1=O. The molecule has 1 aliphatic heterocycles. The summed E-state index contributed by atoms with van der Waals surface area (Å²) < 4.78 is 19.1. The van der Waals surface area contributed by atoms with Crippen LogP contribution in [-0.4, -0.2) is 95.5 Å². The molecule has 51 heavy (non-hydrogen) atoms. The van der Waals surface area contributed by atoms with Crippen LogP contribution in [0.1, 0.15) is 83.9 Å². The summed E-state index contributed by atoms with van der Waals surface area (Å²) in [6.07, 6.45) is 0.533. The number of amides is 5. The molecule has 4 N–H and O–H groups in total. The van der Waals surface area contributed by atoms with Crippen LogP contribution in [0.2, 0.25) is 0 Å². The number of benzene rings is 2. The van der Waals surface area contributed by atoms with Crippen LogP contribution in [-0.2, 0) is 42.2 Å². The molecule has 3 atom stereocenters. The molecule has 1 saturated heterocycles. The first-order valence-electron chi connectivity index (χ1n) is 17.4. The quantitative estimate of drug-likeness (QED) is 0.339. The number of aromatic hydroxyl groups is 1. The Hall–Kier alpha value is -4.68. The van der Waals surface area contributed by atoms with E-state index in [0.717, 1.165) is 0 Å². The van der Waals surface area contributed by atoms with Gasteiger partial charge in [0.05, 0.1) is 0 Å². The zero-order valence-corrected chi connectivity index (χ0v) is 31.1. The van der Waals surface area contributed by atoms with Crippen molar-refractivity contribution in [2.45, 2.75) is 109 Å². The van der Waals surface area contributed by atoms with Crippen molar-refractivity contribution in [3.63, 3.8) is 0 Å². The average Bonchev–Trinajstić information content (AvgIpc) is 3.03. The minimum Gasteiger partial charge on any atom is -0.508 e. The van der Waals surface area contributed by atoms with Gasteiger partial charge >= 0.3 is 6.09 Å². The summed E-state index contributed by atoms with van der Waals surface area (Å²) in [6.45, 7) is 11.4. The highest BCUT2D eigenvalue weighted by Crippen LogP contribution is 2.31. The maximum Gasteiger partial charge on any atom is 0.408 e. The van der Waals surface area contributed by atoms with Gasteiger partial charge in [-0.05, 0) is 80.3 Å². The Labute approximate surface area is 300 Å². The number of hydrogen-bond donors (Lipinski definition) is 4. The van der Waals surface area contributed by atoms with E-state index in [4.69, 9.17) is 4.74 Å². The fourth-order valence-corrected chi connectivity index (χ4v) is 5.85. The van der Waals surface area contributed by atoms with Crippen LogP contribution in [0, 0.1) is 5.82 Å². The standard InChI is InChI=1S/C38H54FN5O7/c1-37(2,3)27-21-25(14-17-31(27)45)23-28-34(48)43(7)20-18-32(46)40-19-10-9-11-30(33(47)41-28)44(8)35(49)29(42-36(50)51-38(4,5)6)22-24-12-15-26(39)16-13-24/h12-17,21,28-30,45H,9-11,18-20,22-23H2,1-8H3,(H,40,46)(H,41,47)(H,42,50)/t28?,29-,30-/m0/s1. The molecule has 5 amide bonds. The van der Waals surface area contributed by atoms with Gasteiger partial charge in [-0.3, -0.25) is 19.2 Å². The summed E-state index contributed by atoms with van der Waals surface area (Å²) in [5.41, 5.74) is 0.706. The first-order valence-corrected chi connectivity index (χ1v) is 17.4. The fraction of sp³-hybridized carbons (Fsp3) is 0.553. The molecule has 2 aromatic carbocycles. The molecule has 0 aromatic heterocycles. The first-order chi connectivity index (χ1) is 23.7. The van der Waals surface area contributed by atoms with Gasteiger partial charge in [0.1, 0.15) is 35.3 Å². The second-order valence-corrected chi connectivity index (χ2v) is 15.2. The monoisotopic (exact) mass is 711 g/mol. The number of nitrogens with one attached hydrogen (secondary N) is 3. The molecule has 0 aliphatic carbocycles. The van der Waals surface area contributed by atoms with Gasteiger partial charge in [0.15, 0.2) is 0 Å². The van der Waals surface area contributed by atoms with Crippen LogP contribution in [0.25, 0.3) is 0 Å². The maximum absolute atomic E-state index is 14.2. The number of ether oxygens (including phenoxy) is 1. The van der Waals surface area contributed by atoms with Crippen molar-refractivity contribution in [1.82, 2.24) is 25.8 Å². The lowest BCUT2D eigenvalue weighted by Crippen LogP contribution is -2.58. The van der Waals surface area contributed by atoms with Gasteiger partial charge in [0.25, 0.3) is 0 Å². The van der Waals surface area contributed by atoms with Crippen molar-refractivity contribution in [2.24, 2.45) is 0 Å². The topological polar surface area (TPSA) is 157 Å². The van der Waals surface area contributed by atoms with Crippen LogP contribution >= 0.6 is 0 Å². The van der Waals surface area contributed by atoms with E-state index in [2.05, 4.69) is 16.0 Å². The summed E-state index contributed by atoms with van der Waals surface area (Å²) in [4.78, 5) is 70.3. The zero-order valence-electron chi connectivity index (χ0n) is 31.1. The van der Waals surface area contributed by atoms with Crippen LogP contribution in [0.5, 0.6) is 5.75 Å². The van der Waals surface area contributed by atoms with E-state index in [1.165, 1.54) is 41.1 Å². The Morgan fingerprint density at radius 1 is 1.04 bits per heavy atom. The molecule has 2 aromatic rings. The van der Waals surface area contributed by atoms with Crippen molar-refractivity contribution in [3.05, 3.63) is 65.0 Å². The van der Waals surface area contributed by atoms with E-state index in [-0.39, 0.29) is 43.9 Å². The maximum atomic E-state index is 14.2. The van der Waals surface area contributed by atoms with Crippen molar-refractivity contribution in [2.75, 3.05) is 27.2 Å². The lowest BCUT2D eigenvalue weighted by atomic mass is 9.84. The minimum atomic E-state index is -1.17. The molecule has 12 nitrogen and oxygen atoms in total. The molecule has 3 rings (SSSR count). The number of carbonyl (C=O) groups is 5. The smallest absolute Gasteiger partial charge is 0.408 e. The lowest BCUT2D eigenvalue weighted by Gasteiger charge is -2.33. The van der Waals surface area contributed by atoms with Crippen molar-refractivity contribution in [1.29, 1.82) is 0 Å². The molecular weight excluding hydrogens is 657 g/mol. The number of halogens is 1. The number of carbonyl (C=O) groups excluding carboxylic acids is 5. The summed E-state index contributed by atoms with van der Waals surface area (Å²) in [7, 11) is 3.03. The number of phenols is 1. The highest BCUT2D eigenvalue weighted by molar-refractivity contribution is 5.94. The Bertz CT molecular complexity index is 1550. The van der Waals surface area contributed by atoms with Crippen molar-refractivity contribution < 1.29 is 38.2 Å². The Balaban J connectivity index is 1.98. The Morgan fingerprint density at radius 3 is 2.31 bits per heavy atom. The van der Waals surface area contributed by atoms with E-state index < -0.39 is 58.8 Å². The second-order valence-electron chi connectivity index (χ2n) is 15.2. The van der Waals surface area contributed by atoms with Crippen molar-refractivity contribution in [3.8, 4) is 5.75 Å². The van der Waals surface area contributed by atoms with E-state index >= 15 is 0 Å². The third-order valence-electron chi connectivity index (χ3n) is 8.66. The van der Waals surface area contributed by atoms with Gasteiger partial charge in [0.2, 0.25) is 23.6 Å². The lowest BCUT2D eigenvalue weighted by molar-refractivity contribution is -0.142. The highest BCUT2D eigenvalue weighted by Gasteiger charge is 2.35. The molecule has 280 valence electrons. The van der Waals surface area contributed by atoms with Gasteiger partial charge in [-0.15, -0.1) is 0 Å². The molecule has 1 unspecified atom stereocenters. The number of nitrogens with zero attached hydrogens (tertiary/aromatic N) is 2. The molecular formula is C38H54FN5O7. The number of phenolic OH excluding ortho intramolecular Hbond substituents is 1. The van der Waals surface area contributed by atoms with Crippen LogP contribution in [0.4, 0.5) is 9.18 Å². The van der Waals surface area contributed by atoms with E-state index in [9.17, 15) is 33.5 Å². The van der Waals surface area contributed by atoms with Gasteiger partial charge in [0, 0.05) is 46.4 Å². The third kappa shape index (κ3) is 12.6. The van der Waals surface area contributed by atoms with Crippen molar-refractivity contribution >= 4 is 29.7 Å². The number of rotatable bonds is 7. The molecule has 1 aliphatic rings. The summed E-state index contributed by atoms with van der Waals surface area (Å²) >= 11 is 0. The summed E-state index contributed by atoms with van der Waals surface area (Å²) in [6, 6.07) is 7.30. The van der Waals surface area contributed by atoms with Gasteiger partial charge < -0.3 is 35.6 Å². The predicted molar refractivity (Wildman–Crippen MR) is 191 cm³/mol. The average molecular weight is 712 g/mol. The number of alkyl carbamates (subject to hydrolysis) is 1. The van der Waals surface area contributed by atoms with E-state index in [1.54, 1.807) is 40.0 Å². The Kier molecular flexibility index (Phi) is 14.0. The molecule has 0 radical (unpaired) electrons. The summed E-state index contributed by atoms with van der Waals surface area (Å²) in [5, 5.41) is 18.9. The highest BCUT2D eigenvalue weighted by atomic mass is 19.1. The minimum absolute atomic E-state index is 0.00800. The van der Waals surface area contributed by atoms with E-state index in [0.29, 0.717) is 36.1 Å². The molecule has 1 fully saturated rings. The first kappa shape index (κ1) is 40.7. The van der Waals surface area contributed by atoms with E-state index in [1.807, 2.05) is 26.8 Å². The zero-order chi connectivity index (χ0) is 38.1. The van der Waals surface area contributed by atoms with Crippen LogP contribution in [0.15, 0.2) is 42.5 Å². The van der Waals surface area contributed by atoms with Crippen LogP contribution < -0.4 is 16.0 Å². The number of likely N-dealkylation sites (N-methyl/N-ethyl adjacent to an activating group) is 2. The number of hydrogen-bond acceptors (Lipinski definition) is 7. The predicted octanol–water partition coefficient (Wildman–Crippen LogP) is 3.97. The van der Waals surface area contributed by atoms with Gasteiger partial charge in [-0.1, -0.05) is 45.0 Å². The normalized spacial score (nSPS) is 18.9. The molecule has 13 heteroatoms. The Morgan fingerprint density at radius 2 is 1.69 bits per heavy atom. The van der Waals surface area contributed by atoms with Crippen LogP contribution in [0.3, 0.4) is 0 Å². The molecule has 1 heterocycles. The fourth-order valence-electron chi connectivity index (χ4n) is 5.85. The second kappa shape index (κ2) is 17.5. The van der Waals surface area contributed by atoms with Gasteiger partial charge in [-0.2, -0.15) is 0 Å². The van der Waals surface area contributed by atoms with Gasteiger partial charge in [-0.25, -0.2) is 9.18 Å².